The number of hydrogen-bond acceptors (Lipinski definition) is 5. The van der Waals surface area contributed by atoms with Crippen LogP contribution in [0.5, 0.6) is 0 Å². The van der Waals surface area contributed by atoms with Gasteiger partial charge in [-0.1, -0.05) is 18.2 Å². The number of pyridine rings is 1. The molecule has 1 aromatic carbocycles. The van der Waals surface area contributed by atoms with E-state index >= 15 is 0 Å². The number of aromatic amines is 1. The Bertz CT molecular complexity index is 1210. The summed E-state index contributed by atoms with van der Waals surface area (Å²) in [5.41, 5.74) is 8.50. The lowest BCUT2D eigenvalue weighted by Crippen LogP contribution is -2.44. The lowest BCUT2D eigenvalue weighted by Gasteiger charge is -2.34. The highest BCUT2D eigenvalue weighted by atomic mass is 16.5. The highest BCUT2D eigenvalue weighted by Gasteiger charge is 2.24. The molecule has 1 amide bonds. The Kier molecular flexibility index (Phi) is 4.48. The first-order valence-corrected chi connectivity index (χ1v) is 9.89. The second kappa shape index (κ2) is 7.31. The number of ether oxygens (including phenoxy) is 1. The number of fused-ring (bicyclic) bond motifs is 1. The number of aromatic nitrogens is 4. The zero-order chi connectivity index (χ0) is 20.7. The molecule has 30 heavy (non-hydrogen) atoms. The Hall–Kier alpha value is -3.65. The zero-order valence-corrected chi connectivity index (χ0v) is 16.6. The quantitative estimate of drug-likeness (QED) is 0.546. The van der Waals surface area contributed by atoms with E-state index in [2.05, 4.69) is 21.9 Å². The van der Waals surface area contributed by atoms with E-state index in [9.17, 15) is 4.79 Å². The van der Waals surface area contributed by atoms with E-state index in [1.165, 1.54) is 0 Å². The summed E-state index contributed by atoms with van der Waals surface area (Å²) in [5, 5.41) is 5.42. The van der Waals surface area contributed by atoms with Gasteiger partial charge in [0.2, 0.25) is 5.91 Å². The van der Waals surface area contributed by atoms with Crippen LogP contribution in [-0.4, -0.2) is 51.5 Å². The summed E-state index contributed by atoms with van der Waals surface area (Å²) in [7, 11) is 0. The van der Waals surface area contributed by atoms with Crippen LogP contribution in [0.3, 0.4) is 0 Å². The van der Waals surface area contributed by atoms with Crippen LogP contribution in [0.4, 0.5) is 5.82 Å². The Morgan fingerprint density at radius 3 is 2.87 bits per heavy atom. The maximum atomic E-state index is 12.1. The predicted molar refractivity (Wildman–Crippen MR) is 115 cm³/mol. The maximum absolute atomic E-state index is 12.1. The minimum Gasteiger partial charge on any atom is -0.377 e. The van der Waals surface area contributed by atoms with E-state index in [-0.39, 0.29) is 6.04 Å². The number of benzene rings is 1. The van der Waals surface area contributed by atoms with Crippen molar-refractivity contribution < 1.29 is 9.53 Å². The van der Waals surface area contributed by atoms with Gasteiger partial charge in [-0.3, -0.25) is 4.79 Å². The molecule has 1 aliphatic rings. The molecule has 1 saturated heterocycles. The van der Waals surface area contributed by atoms with E-state index in [1.807, 2.05) is 42.6 Å². The average Bonchev–Trinajstić information content (AvgIpc) is 3.43. The van der Waals surface area contributed by atoms with Gasteiger partial charge >= 0.3 is 0 Å². The normalized spacial score (nSPS) is 16.8. The third-order valence-electron chi connectivity index (χ3n) is 5.48. The molecule has 0 unspecified atom stereocenters. The van der Waals surface area contributed by atoms with Crippen molar-refractivity contribution in [2.45, 2.75) is 13.0 Å². The fraction of sp³-hybridized carbons (Fsp3) is 0.227. The van der Waals surface area contributed by atoms with Crippen molar-refractivity contribution in [2.24, 2.45) is 5.73 Å². The Morgan fingerprint density at radius 2 is 2.10 bits per heavy atom. The second-order valence-corrected chi connectivity index (χ2v) is 7.40. The lowest BCUT2D eigenvalue weighted by molar-refractivity contribution is 0.0985. The van der Waals surface area contributed by atoms with E-state index in [1.54, 1.807) is 16.9 Å². The molecule has 8 nitrogen and oxygen atoms in total. The van der Waals surface area contributed by atoms with Crippen LogP contribution in [0.25, 0.3) is 28.0 Å². The fourth-order valence-corrected chi connectivity index (χ4v) is 3.99. The van der Waals surface area contributed by atoms with Crippen LogP contribution in [0.15, 0.2) is 54.9 Å². The van der Waals surface area contributed by atoms with Crippen molar-refractivity contribution in [1.82, 2.24) is 19.7 Å². The van der Waals surface area contributed by atoms with Crippen LogP contribution >= 0.6 is 0 Å². The van der Waals surface area contributed by atoms with E-state index in [4.69, 9.17) is 15.5 Å². The number of morpholine rings is 1. The summed E-state index contributed by atoms with van der Waals surface area (Å²) in [4.78, 5) is 22.5. The molecule has 1 atom stereocenters. The number of anilines is 1. The van der Waals surface area contributed by atoms with Gasteiger partial charge in [0.15, 0.2) is 5.65 Å². The van der Waals surface area contributed by atoms with E-state index < -0.39 is 5.91 Å². The van der Waals surface area contributed by atoms with Crippen LogP contribution in [0.1, 0.15) is 17.3 Å². The summed E-state index contributed by atoms with van der Waals surface area (Å²) in [6, 6.07) is 13.4. The number of rotatable bonds is 4. The minimum atomic E-state index is -0.464. The first-order valence-electron chi connectivity index (χ1n) is 9.89. The Balaban J connectivity index is 1.78. The highest BCUT2D eigenvalue weighted by Crippen LogP contribution is 2.34. The van der Waals surface area contributed by atoms with Gasteiger partial charge < -0.3 is 20.4 Å². The van der Waals surface area contributed by atoms with Gasteiger partial charge in [-0.25, -0.2) is 4.98 Å². The molecule has 3 aromatic heterocycles. The van der Waals surface area contributed by atoms with Gasteiger partial charge in [-0.05, 0) is 42.3 Å². The average molecular weight is 402 g/mol. The summed E-state index contributed by atoms with van der Waals surface area (Å²) in [6.07, 6.45) is 3.63. The van der Waals surface area contributed by atoms with Crippen molar-refractivity contribution in [3.8, 4) is 16.9 Å². The van der Waals surface area contributed by atoms with Gasteiger partial charge in [0.25, 0.3) is 0 Å². The SMILES string of the molecule is C[C@@H]1COCCN1c1cc(-c2ccccc2C(N)=O)c2cnn(-c3ccc[nH]3)c2n1. The Labute approximate surface area is 173 Å². The van der Waals surface area contributed by atoms with Gasteiger partial charge in [0.1, 0.15) is 11.6 Å². The monoisotopic (exact) mass is 402 g/mol. The molecule has 0 aliphatic carbocycles. The molecule has 0 saturated carbocycles. The molecule has 3 N–H and O–H groups in total. The number of nitrogens with zero attached hydrogens (tertiary/aromatic N) is 4. The molecular formula is C22H22N6O2. The number of primary amides is 1. The number of H-pyrrole nitrogens is 1. The minimum absolute atomic E-state index is 0.185. The van der Waals surface area contributed by atoms with Crippen LogP contribution in [0, 0.1) is 0 Å². The number of carbonyl (C=O) groups is 1. The lowest BCUT2D eigenvalue weighted by atomic mass is 9.97. The van der Waals surface area contributed by atoms with Crippen LogP contribution < -0.4 is 10.6 Å². The first kappa shape index (κ1) is 18.4. The van der Waals surface area contributed by atoms with Crippen LogP contribution in [-0.2, 0) is 4.74 Å². The number of nitrogens with two attached hydrogens (primary N) is 1. The van der Waals surface area contributed by atoms with Gasteiger partial charge in [-0.15, -0.1) is 0 Å². The smallest absolute Gasteiger partial charge is 0.249 e. The molecule has 8 heteroatoms. The van der Waals surface area contributed by atoms with Crippen molar-refractivity contribution in [3.05, 3.63) is 60.4 Å². The van der Waals surface area contributed by atoms with Crippen molar-refractivity contribution in [2.75, 3.05) is 24.7 Å². The molecule has 1 aliphatic heterocycles. The van der Waals surface area contributed by atoms with Gasteiger partial charge in [0.05, 0.1) is 25.5 Å². The summed E-state index contributed by atoms with van der Waals surface area (Å²) in [6.45, 7) is 4.15. The molecule has 0 spiro atoms. The maximum Gasteiger partial charge on any atom is 0.249 e. The molecular weight excluding hydrogens is 380 g/mol. The molecule has 4 aromatic rings. The zero-order valence-electron chi connectivity index (χ0n) is 16.6. The third kappa shape index (κ3) is 3.02. The fourth-order valence-electron chi connectivity index (χ4n) is 3.99. The molecule has 0 bridgehead atoms. The van der Waals surface area contributed by atoms with Gasteiger partial charge in [0, 0.05) is 23.7 Å². The summed E-state index contributed by atoms with van der Waals surface area (Å²) in [5.74, 6) is 1.17. The summed E-state index contributed by atoms with van der Waals surface area (Å²) < 4.78 is 7.38. The van der Waals surface area contributed by atoms with Crippen molar-refractivity contribution >= 4 is 22.8 Å². The topological polar surface area (TPSA) is 102 Å². The number of nitrogens with one attached hydrogen (secondary N) is 1. The number of carbonyl (C=O) groups excluding carboxylic acids is 1. The van der Waals surface area contributed by atoms with Gasteiger partial charge in [-0.2, -0.15) is 9.78 Å². The predicted octanol–water partition coefficient (Wildman–Crippen LogP) is 2.74. The van der Waals surface area contributed by atoms with Crippen molar-refractivity contribution in [3.63, 3.8) is 0 Å². The second-order valence-electron chi connectivity index (χ2n) is 7.40. The third-order valence-corrected chi connectivity index (χ3v) is 5.48. The molecule has 4 heterocycles. The molecule has 1 fully saturated rings. The van der Waals surface area contributed by atoms with E-state index in [0.29, 0.717) is 24.4 Å². The van der Waals surface area contributed by atoms with Crippen molar-refractivity contribution in [1.29, 1.82) is 0 Å². The highest BCUT2D eigenvalue weighted by molar-refractivity contribution is 6.05. The standard InChI is InChI=1S/C22H22N6O2/c1-14-13-30-10-9-27(14)20-11-17(15-5-2-3-6-16(15)21(23)29)18-12-25-28(22(18)26-20)19-7-4-8-24-19/h2-8,11-12,14,24H,9-10,13H2,1H3,(H2,23,29)/t14-/m1/s1. The largest absolute Gasteiger partial charge is 0.377 e. The first-order chi connectivity index (χ1) is 14.6. The molecule has 0 radical (unpaired) electrons. The van der Waals surface area contributed by atoms with Crippen LogP contribution in [0.2, 0.25) is 0 Å². The Morgan fingerprint density at radius 1 is 1.23 bits per heavy atom. The number of amides is 1. The molecule has 5 rings (SSSR count). The number of hydrogen-bond donors (Lipinski definition) is 2. The van der Waals surface area contributed by atoms with E-state index in [0.717, 1.165) is 34.7 Å². The molecule has 152 valence electrons. The summed E-state index contributed by atoms with van der Waals surface area (Å²) >= 11 is 0.